The normalized spacial score (nSPS) is 16.9. The van der Waals surface area contributed by atoms with Crippen LogP contribution in [-0.4, -0.2) is 44.4 Å². The Hall–Kier alpha value is -1.31. The van der Waals surface area contributed by atoms with Crippen LogP contribution in [0.4, 0.5) is 0 Å². The van der Waals surface area contributed by atoms with Gasteiger partial charge in [-0.3, -0.25) is 4.79 Å². The zero-order valence-electron chi connectivity index (χ0n) is 16.2. The molecule has 0 bridgehead atoms. The number of methoxy groups -OCH3 is 1. The highest BCUT2D eigenvalue weighted by Gasteiger charge is 2.34. The van der Waals surface area contributed by atoms with E-state index < -0.39 is 10.0 Å². The average Bonchev–Trinajstić information content (AvgIpc) is 2.66. The molecule has 27 heavy (non-hydrogen) atoms. The Bertz CT molecular complexity index is 748. The van der Waals surface area contributed by atoms with Crippen molar-refractivity contribution in [3.8, 4) is 5.75 Å². The van der Waals surface area contributed by atoms with Gasteiger partial charge in [-0.1, -0.05) is 37.8 Å². The number of benzene rings is 1. The Kier molecular flexibility index (Phi) is 7.94. The highest BCUT2D eigenvalue weighted by atomic mass is 35.5. The molecule has 1 amide bonds. The predicted molar refractivity (Wildman–Crippen MR) is 107 cm³/mol. The largest absolute Gasteiger partial charge is 0.495 e. The van der Waals surface area contributed by atoms with E-state index in [1.54, 1.807) is 0 Å². The van der Waals surface area contributed by atoms with Crippen LogP contribution in [0, 0.1) is 0 Å². The summed E-state index contributed by atoms with van der Waals surface area (Å²) in [6.45, 7) is 3.70. The third kappa shape index (κ3) is 5.59. The zero-order chi connectivity index (χ0) is 20.0. The standard InChI is InChI=1S/C19H29ClN2O4S/c1-4-14(2)21-19(23)13-22(15-8-6-5-7-9-15)27(24,25)16-10-11-18(26-3)17(20)12-16/h10-12,14-15H,4-9,13H2,1-3H3,(H,21,23)/t14-/m1/s1. The first-order chi connectivity index (χ1) is 12.8. The number of rotatable bonds is 8. The first-order valence-corrected chi connectivity index (χ1v) is 11.3. The van der Waals surface area contributed by atoms with Gasteiger partial charge in [-0.2, -0.15) is 4.31 Å². The molecular weight excluding hydrogens is 388 g/mol. The van der Waals surface area contributed by atoms with Gasteiger partial charge >= 0.3 is 0 Å². The van der Waals surface area contributed by atoms with Crippen LogP contribution in [0.25, 0.3) is 0 Å². The average molecular weight is 417 g/mol. The number of carbonyl (C=O) groups is 1. The molecule has 1 saturated carbocycles. The molecule has 0 aliphatic heterocycles. The summed E-state index contributed by atoms with van der Waals surface area (Å²) in [5.74, 6) is 0.132. The molecule has 1 atom stereocenters. The molecule has 0 spiro atoms. The van der Waals surface area contributed by atoms with Gasteiger partial charge in [0.05, 0.1) is 23.6 Å². The van der Waals surface area contributed by atoms with Crippen LogP contribution in [0.2, 0.25) is 5.02 Å². The lowest BCUT2D eigenvalue weighted by Crippen LogP contribution is -2.48. The molecule has 1 aromatic carbocycles. The van der Waals surface area contributed by atoms with Crippen LogP contribution in [0.5, 0.6) is 5.75 Å². The summed E-state index contributed by atoms with van der Waals surface area (Å²) in [4.78, 5) is 12.5. The van der Waals surface area contributed by atoms with E-state index in [0.717, 1.165) is 38.5 Å². The summed E-state index contributed by atoms with van der Waals surface area (Å²) in [5, 5.41) is 3.09. The van der Waals surface area contributed by atoms with E-state index >= 15 is 0 Å². The molecule has 1 aliphatic rings. The van der Waals surface area contributed by atoms with Crippen molar-refractivity contribution in [3.05, 3.63) is 23.2 Å². The maximum atomic E-state index is 13.3. The fraction of sp³-hybridized carbons (Fsp3) is 0.632. The summed E-state index contributed by atoms with van der Waals surface area (Å²) in [6, 6.07) is 4.23. The molecule has 1 aliphatic carbocycles. The second-order valence-electron chi connectivity index (χ2n) is 7.02. The number of halogens is 1. The molecule has 152 valence electrons. The van der Waals surface area contributed by atoms with Crippen molar-refractivity contribution in [2.75, 3.05) is 13.7 Å². The maximum Gasteiger partial charge on any atom is 0.243 e. The molecule has 8 heteroatoms. The van der Waals surface area contributed by atoms with Crippen molar-refractivity contribution in [2.24, 2.45) is 0 Å². The van der Waals surface area contributed by atoms with E-state index in [1.807, 2.05) is 13.8 Å². The Morgan fingerprint density at radius 3 is 2.56 bits per heavy atom. The van der Waals surface area contributed by atoms with E-state index in [9.17, 15) is 13.2 Å². The number of hydrogen-bond donors (Lipinski definition) is 1. The molecule has 0 aromatic heterocycles. The Morgan fingerprint density at radius 2 is 2.00 bits per heavy atom. The lowest BCUT2D eigenvalue weighted by atomic mass is 9.95. The summed E-state index contributed by atoms with van der Waals surface area (Å²) in [6.07, 6.45) is 5.34. The molecule has 1 N–H and O–H groups in total. The number of nitrogens with one attached hydrogen (secondary N) is 1. The molecule has 6 nitrogen and oxygen atoms in total. The van der Waals surface area contributed by atoms with E-state index in [1.165, 1.54) is 29.6 Å². The van der Waals surface area contributed by atoms with Gasteiger partial charge in [-0.05, 0) is 44.4 Å². The monoisotopic (exact) mass is 416 g/mol. The van der Waals surface area contributed by atoms with Crippen molar-refractivity contribution in [1.29, 1.82) is 0 Å². The van der Waals surface area contributed by atoms with Gasteiger partial charge < -0.3 is 10.1 Å². The number of ether oxygens (including phenoxy) is 1. The highest BCUT2D eigenvalue weighted by Crippen LogP contribution is 2.31. The zero-order valence-corrected chi connectivity index (χ0v) is 17.8. The van der Waals surface area contributed by atoms with Crippen molar-refractivity contribution in [1.82, 2.24) is 9.62 Å². The van der Waals surface area contributed by atoms with Crippen molar-refractivity contribution < 1.29 is 17.9 Å². The van der Waals surface area contributed by atoms with Crippen molar-refractivity contribution in [2.45, 2.75) is 69.4 Å². The molecule has 0 unspecified atom stereocenters. The van der Waals surface area contributed by atoms with Gasteiger partial charge in [-0.25, -0.2) is 8.42 Å². The molecule has 0 heterocycles. The lowest BCUT2D eigenvalue weighted by molar-refractivity contribution is -0.122. The van der Waals surface area contributed by atoms with Crippen LogP contribution in [0.15, 0.2) is 23.1 Å². The fourth-order valence-corrected chi connectivity index (χ4v) is 5.28. The smallest absolute Gasteiger partial charge is 0.243 e. The fourth-order valence-electron chi connectivity index (χ4n) is 3.29. The molecule has 1 aromatic rings. The third-order valence-corrected chi connectivity index (χ3v) is 7.22. The van der Waals surface area contributed by atoms with Crippen LogP contribution in [0.3, 0.4) is 0 Å². The van der Waals surface area contributed by atoms with Crippen LogP contribution >= 0.6 is 11.6 Å². The quantitative estimate of drug-likeness (QED) is 0.702. The van der Waals surface area contributed by atoms with E-state index in [4.69, 9.17) is 16.3 Å². The Labute approximate surface area is 167 Å². The molecule has 0 saturated heterocycles. The predicted octanol–water partition coefficient (Wildman–Crippen LogP) is 3.59. The minimum absolute atomic E-state index is 0.00356. The Morgan fingerprint density at radius 1 is 1.33 bits per heavy atom. The van der Waals surface area contributed by atoms with Gasteiger partial charge in [0.2, 0.25) is 15.9 Å². The van der Waals surface area contributed by atoms with Crippen LogP contribution in [-0.2, 0) is 14.8 Å². The Balaban J connectivity index is 2.32. The van der Waals surface area contributed by atoms with Crippen LogP contribution < -0.4 is 10.1 Å². The highest BCUT2D eigenvalue weighted by molar-refractivity contribution is 7.89. The maximum absolute atomic E-state index is 13.3. The minimum atomic E-state index is -3.85. The van der Waals surface area contributed by atoms with E-state index in [-0.39, 0.29) is 34.5 Å². The summed E-state index contributed by atoms with van der Waals surface area (Å²) < 4.78 is 33.1. The molecule has 0 radical (unpaired) electrons. The number of sulfonamides is 1. The van der Waals surface area contributed by atoms with Crippen LogP contribution in [0.1, 0.15) is 52.4 Å². The second kappa shape index (κ2) is 9.75. The van der Waals surface area contributed by atoms with Gasteiger partial charge in [-0.15, -0.1) is 0 Å². The third-order valence-electron chi connectivity index (χ3n) is 5.03. The summed E-state index contributed by atoms with van der Waals surface area (Å²) in [5.41, 5.74) is 0. The van der Waals surface area contributed by atoms with Gasteiger partial charge in [0.15, 0.2) is 0 Å². The molecule has 1 fully saturated rings. The summed E-state index contributed by atoms with van der Waals surface area (Å²) in [7, 11) is -2.38. The second-order valence-corrected chi connectivity index (χ2v) is 9.31. The first-order valence-electron chi connectivity index (χ1n) is 9.44. The number of carbonyl (C=O) groups excluding carboxylic acids is 1. The number of hydrogen-bond acceptors (Lipinski definition) is 4. The van der Waals surface area contributed by atoms with Crippen molar-refractivity contribution in [3.63, 3.8) is 0 Å². The summed E-state index contributed by atoms with van der Waals surface area (Å²) >= 11 is 6.13. The molecule has 2 rings (SSSR count). The number of amides is 1. The lowest BCUT2D eigenvalue weighted by Gasteiger charge is -2.33. The van der Waals surface area contributed by atoms with Crippen molar-refractivity contribution >= 4 is 27.5 Å². The minimum Gasteiger partial charge on any atom is -0.495 e. The van der Waals surface area contributed by atoms with Gasteiger partial charge in [0.25, 0.3) is 0 Å². The number of nitrogens with zero attached hydrogens (tertiary/aromatic N) is 1. The van der Waals surface area contributed by atoms with Gasteiger partial charge in [0, 0.05) is 12.1 Å². The van der Waals surface area contributed by atoms with Gasteiger partial charge in [0.1, 0.15) is 5.75 Å². The molecular formula is C19H29ClN2O4S. The SMILES string of the molecule is CC[C@@H](C)NC(=O)CN(C1CCCCC1)S(=O)(=O)c1ccc(OC)c(Cl)c1. The van der Waals surface area contributed by atoms with E-state index in [0.29, 0.717) is 5.75 Å². The topological polar surface area (TPSA) is 75.7 Å². The first kappa shape index (κ1) is 22.0. The van der Waals surface area contributed by atoms with E-state index in [2.05, 4.69) is 5.32 Å².